The fourth-order valence-corrected chi connectivity index (χ4v) is 4.36. The summed E-state index contributed by atoms with van der Waals surface area (Å²) < 4.78 is 3.86. The Morgan fingerprint density at radius 1 is 1.43 bits per heavy atom. The molecule has 7 heteroatoms. The maximum atomic E-state index is 12.4. The Bertz CT molecular complexity index is 660. The van der Waals surface area contributed by atoms with Crippen molar-refractivity contribution in [3.05, 3.63) is 35.7 Å². The SMILES string of the molecule is C=CCn1c(C)cc(C(=O)CSc2nnc(SC)s2)c1C. The Hall–Kier alpha value is -1.05. The van der Waals surface area contributed by atoms with E-state index >= 15 is 0 Å². The number of allylic oxidation sites excluding steroid dienone is 1. The van der Waals surface area contributed by atoms with E-state index in [1.165, 1.54) is 23.1 Å². The molecule has 112 valence electrons. The molecule has 0 aliphatic rings. The first-order valence-corrected chi connectivity index (χ1v) is 9.40. The number of aryl methyl sites for hydroxylation is 1. The van der Waals surface area contributed by atoms with Gasteiger partial charge < -0.3 is 4.57 Å². The van der Waals surface area contributed by atoms with Crippen molar-refractivity contribution in [2.75, 3.05) is 12.0 Å². The average Bonchev–Trinajstić information content (AvgIpc) is 3.04. The van der Waals surface area contributed by atoms with Crippen LogP contribution in [0.25, 0.3) is 0 Å². The number of carbonyl (C=O) groups is 1. The van der Waals surface area contributed by atoms with Gasteiger partial charge >= 0.3 is 0 Å². The van der Waals surface area contributed by atoms with Crippen LogP contribution in [0.2, 0.25) is 0 Å². The first kappa shape index (κ1) is 16.3. The molecule has 21 heavy (non-hydrogen) atoms. The summed E-state index contributed by atoms with van der Waals surface area (Å²) in [6.45, 7) is 8.47. The first-order valence-electron chi connectivity index (χ1n) is 6.38. The Kier molecular flexibility index (Phi) is 5.66. The van der Waals surface area contributed by atoms with Crippen LogP contribution in [0.4, 0.5) is 0 Å². The van der Waals surface area contributed by atoms with Crippen molar-refractivity contribution in [1.82, 2.24) is 14.8 Å². The molecule has 0 aliphatic carbocycles. The second-order valence-electron chi connectivity index (χ2n) is 4.43. The van der Waals surface area contributed by atoms with Crippen molar-refractivity contribution in [2.24, 2.45) is 0 Å². The fourth-order valence-electron chi connectivity index (χ4n) is 2.04. The molecule has 0 atom stereocenters. The first-order chi connectivity index (χ1) is 10.1. The quantitative estimate of drug-likeness (QED) is 0.436. The Balaban J connectivity index is 2.06. The highest BCUT2D eigenvalue weighted by atomic mass is 32.2. The lowest BCUT2D eigenvalue weighted by atomic mass is 10.2. The Morgan fingerprint density at radius 3 is 2.76 bits per heavy atom. The van der Waals surface area contributed by atoms with E-state index in [1.807, 2.05) is 32.2 Å². The van der Waals surface area contributed by atoms with E-state index in [0.717, 1.165) is 32.2 Å². The molecule has 2 rings (SSSR count). The van der Waals surface area contributed by atoms with Gasteiger partial charge in [0, 0.05) is 23.5 Å². The lowest BCUT2D eigenvalue weighted by Crippen LogP contribution is -2.06. The number of thioether (sulfide) groups is 2. The van der Waals surface area contributed by atoms with E-state index in [2.05, 4.69) is 21.3 Å². The van der Waals surface area contributed by atoms with Gasteiger partial charge in [-0.3, -0.25) is 4.79 Å². The third kappa shape index (κ3) is 3.78. The number of hydrogen-bond donors (Lipinski definition) is 0. The Labute approximate surface area is 137 Å². The Morgan fingerprint density at radius 2 is 2.14 bits per heavy atom. The topological polar surface area (TPSA) is 47.8 Å². The van der Waals surface area contributed by atoms with Crippen molar-refractivity contribution in [2.45, 2.75) is 29.1 Å². The van der Waals surface area contributed by atoms with E-state index in [-0.39, 0.29) is 5.78 Å². The highest BCUT2D eigenvalue weighted by Gasteiger charge is 2.16. The van der Waals surface area contributed by atoms with Crippen molar-refractivity contribution < 1.29 is 4.79 Å². The minimum absolute atomic E-state index is 0.129. The van der Waals surface area contributed by atoms with Crippen LogP contribution in [-0.2, 0) is 6.54 Å². The normalized spacial score (nSPS) is 10.8. The summed E-state index contributed by atoms with van der Waals surface area (Å²) in [5.74, 6) is 0.519. The molecule has 0 bridgehead atoms. The molecule has 0 unspecified atom stereocenters. The summed E-state index contributed by atoms with van der Waals surface area (Å²) in [6, 6.07) is 1.95. The molecule has 0 fully saturated rings. The number of ketones is 1. The van der Waals surface area contributed by atoms with E-state index in [4.69, 9.17) is 0 Å². The van der Waals surface area contributed by atoms with Crippen molar-refractivity contribution in [3.63, 3.8) is 0 Å². The molecule has 0 radical (unpaired) electrons. The van der Waals surface area contributed by atoms with Gasteiger partial charge in [0.2, 0.25) is 0 Å². The van der Waals surface area contributed by atoms with Gasteiger partial charge in [-0.25, -0.2) is 0 Å². The van der Waals surface area contributed by atoms with E-state index in [1.54, 1.807) is 11.8 Å². The van der Waals surface area contributed by atoms with Crippen LogP contribution in [0.1, 0.15) is 21.7 Å². The van der Waals surface area contributed by atoms with Gasteiger partial charge in [-0.15, -0.1) is 16.8 Å². The number of rotatable bonds is 7. The molecule has 2 heterocycles. The van der Waals surface area contributed by atoms with Crippen LogP contribution in [0.5, 0.6) is 0 Å². The van der Waals surface area contributed by atoms with Gasteiger partial charge in [0.25, 0.3) is 0 Å². The van der Waals surface area contributed by atoms with Crippen LogP contribution in [-0.4, -0.2) is 32.6 Å². The molecule has 2 aromatic rings. The largest absolute Gasteiger partial charge is 0.345 e. The number of hydrogen-bond acceptors (Lipinski definition) is 6. The summed E-state index contributed by atoms with van der Waals surface area (Å²) >= 11 is 4.54. The molecule has 0 aromatic carbocycles. The van der Waals surface area contributed by atoms with Crippen molar-refractivity contribution in [1.29, 1.82) is 0 Å². The summed E-state index contributed by atoms with van der Waals surface area (Å²) in [7, 11) is 0. The minimum atomic E-state index is 0.129. The third-order valence-corrected chi connectivity index (χ3v) is 6.11. The second-order valence-corrected chi connectivity index (χ2v) is 7.69. The number of Topliss-reactive ketones (excluding diaryl/α,β-unsaturated/α-hetero) is 1. The van der Waals surface area contributed by atoms with Gasteiger partial charge in [0.05, 0.1) is 5.75 Å². The third-order valence-electron chi connectivity index (χ3n) is 3.08. The highest BCUT2D eigenvalue weighted by Crippen LogP contribution is 2.28. The second kappa shape index (κ2) is 7.29. The van der Waals surface area contributed by atoms with Gasteiger partial charge in [0.1, 0.15) is 0 Å². The predicted octanol–water partition coefficient (Wildman–Crippen LogP) is 3.84. The molecule has 0 aliphatic heterocycles. The van der Waals surface area contributed by atoms with Gasteiger partial charge in [0.15, 0.2) is 14.5 Å². The van der Waals surface area contributed by atoms with Gasteiger partial charge in [-0.1, -0.05) is 40.9 Å². The standard InChI is InChI=1S/C14H17N3OS3/c1-5-6-17-9(2)7-11(10(17)3)12(18)8-20-14-16-15-13(19-4)21-14/h5,7H,1,6,8H2,2-4H3. The lowest BCUT2D eigenvalue weighted by molar-refractivity contribution is 0.102. The van der Waals surface area contributed by atoms with Gasteiger partial charge in [-0.05, 0) is 26.2 Å². The summed E-state index contributed by atoms with van der Waals surface area (Å²) in [6.07, 6.45) is 3.81. The van der Waals surface area contributed by atoms with Crippen LogP contribution < -0.4 is 0 Å². The highest BCUT2D eigenvalue weighted by molar-refractivity contribution is 8.03. The van der Waals surface area contributed by atoms with Crippen LogP contribution in [0, 0.1) is 13.8 Å². The van der Waals surface area contributed by atoms with Crippen molar-refractivity contribution >= 4 is 40.6 Å². The molecule has 4 nitrogen and oxygen atoms in total. The minimum Gasteiger partial charge on any atom is -0.345 e. The zero-order valence-corrected chi connectivity index (χ0v) is 14.7. The molecule has 0 N–H and O–H groups in total. The maximum Gasteiger partial charge on any atom is 0.175 e. The summed E-state index contributed by atoms with van der Waals surface area (Å²) in [4.78, 5) is 12.4. The number of aromatic nitrogens is 3. The smallest absolute Gasteiger partial charge is 0.175 e. The molecular formula is C14H17N3OS3. The number of carbonyl (C=O) groups excluding carboxylic acids is 1. The zero-order valence-electron chi connectivity index (χ0n) is 12.3. The van der Waals surface area contributed by atoms with E-state index in [0.29, 0.717) is 5.75 Å². The van der Waals surface area contributed by atoms with E-state index in [9.17, 15) is 4.79 Å². The van der Waals surface area contributed by atoms with Crippen LogP contribution in [0.15, 0.2) is 27.4 Å². The van der Waals surface area contributed by atoms with Crippen LogP contribution >= 0.6 is 34.9 Å². The molecule has 0 spiro atoms. The molecular weight excluding hydrogens is 322 g/mol. The monoisotopic (exact) mass is 339 g/mol. The van der Waals surface area contributed by atoms with Crippen LogP contribution in [0.3, 0.4) is 0 Å². The molecule has 0 saturated carbocycles. The fraction of sp³-hybridized carbons (Fsp3) is 0.357. The number of nitrogens with zero attached hydrogens (tertiary/aromatic N) is 3. The molecule has 0 amide bonds. The van der Waals surface area contributed by atoms with Crippen molar-refractivity contribution in [3.8, 4) is 0 Å². The van der Waals surface area contributed by atoms with Gasteiger partial charge in [-0.2, -0.15) is 0 Å². The predicted molar refractivity (Wildman–Crippen MR) is 90.8 cm³/mol. The summed E-state index contributed by atoms with van der Waals surface area (Å²) in [5, 5.41) is 8.10. The maximum absolute atomic E-state index is 12.4. The average molecular weight is 340 g/mol. The molecule has 0 saturated heterocycles. The van der Waals surface area contributed by atoms with E-state index < -0.39 is 0 Å². The summed E-state index contributed by atoms with van der Waals surface area (Å²) in [5.41, 5.74) is 2.87. The lowest BCUT2D eigenvalue weighted by Gasteiger charge is -2.05. The zero-order chi connectivity index (χ0) is 15.4. The molecule has 2 aromatic heterocycles.